The Morgan fingerprint density at radius 3 is 2.36 bits per heavy atom. The molecule has 0 radical (unpaired) electrons. The number of hydrogen-bond donors (Lipinski definition) is 2. The van der Waals surface area contributed by atoms with Crippen LogP contribution in [-0.2, 0) is 9.53 Å². The quantitative estimate of drug-likeness (QED) is 0.683. The predicted octanol–water partition coefficient (Wildman–Crippen LogP) is 1.27. The molecule has 0 aromatic rings. The summed E-state index contributed by atoms with van der Waals surface area (Å²) in [5.74, 6) is -1.13. The van der Waals surface area contributed by atoms with E-state index in [4.69, 9.17) is 9.84 Å². The van der Waals surface area contributed by atoms with E-state index >= 15 is 0 Å². The van der Waals surface area contributed by atoms with E-state index in [2.05, 4.69) is 0 Å². The van der Waals surface area contributed by atoms with Gasteiger partial charge in [-0.25, -0.2) is 0 Å². The second-order valence-corrected chi connectivity index (χ2v) is 4.31. The molecule has 4 heteroatoms. The highest BCUT2D eigenvalue weighted by Gasteiger charge is 2.26. The van der Waals surface area contributed by atoms with Gasteiger partial charge in [-0.3, -0.25) is 4.79 Å². The maximum atomic E-state index is 10.4. The molecule has 0 rings (SSSR count). The van der Waals surface area contributed by atoms with Gasteiger partial charge in [0.1, 0.15) is 0 Å². The van der Waals surface area contributed by atoms with Gasteiger partial charge in [0, 0.05) is 13.5 Å². The molecule has 0 amide bonds. The number of ether oxygens (including phenoxy) is 1. The maximum absolute atomic E-state index is 10.4. The molecule has 0 saturated heterocycles. The second kappa shape index (κ2) is 5.32. The van der Waals surface area contributed by atoms with Crippen molar-refractivity contribution in [2.75, 3.05) is 7.11 Å². The number of aliphatic hydroxyl groups excluding tert-OH is 1. The van der Waals surface area contributed by atoms with Crippen LogP contribution in [0, 0.1) is 5.92 Å². The van der Waals surface area contributed by atoms with Crippen LogP contribution in [-0.4, -0.2) is 35.0 Å². The van der Waals surface area contributed by atoms with E-state index < -0.39 is 17.7 Å². The monoisotopic (exact) mass is 204 g/mol. The lowest BCUT2D eigenvalue weighted by Crippen LogP contribution is -2.32. The number of hydrogen-bond acceptors (Lipinski definition) is 3. The van der Waals surface area contributed by atoms with Gasteiger partial charge in [0.25, 0.3) is 0 Å². The van der Waals surface area contributed by atoms with E-state index in [1.807, 2.05) is 13.8 Å². The Kier molecular flexibility index (Phi) is 5.08. The summed E-state index contributed by atoms with van der Waals surface area (Å²) < 4.78 is 5.16. The summed E-state index contributed by atoms with van der Waals surface area (Å²) >= 11 is 0. The summed E-state index contributed by atoms with van der Waals surface area (Å²) in [6, 6.07) is 0. The van der Waals surface area contributed by atoms with Crippen molar-refractivity contribution in [1.29, 1.82) is 0 Å². The van der Waals surface area contributed by atoms with Gasteiger partial charge in [0.15, 0.2) is 0 Å². The number of carbonyl (C=O) groups is 1. The second-order valence-electron chi connectivity index (χ2n) is 4.31. The van der Waals surface area contributed by atoms with Crippen LogP contribution in [0.15, 0.2) is 0 Å². The standard InChI is InChI=1S/C10H20O4/c1-7(5-9(12)13)8(11)6-10(2,3)14-4/h7-8,11H,5-6H2,1-4H3,(H,12,13). The largest absolute Gasteiger partial charge is 0.481 e. The Hall–Kier alpha value is -0.610. The topological polar surface area (TPSA) is 66.8 Å². The van der Waals surface area contributed by atoms with Crippen molar-refractivity contribution < 1.29 is 19.7 Å². The normalized spacial score (nSPS) is 16.4. The molecule has 0 aliphatic heterocycles. The highest BCUT2D eigenvalue weighted by atomic mass is 16.5. The summed E-state index contributed by atoms with van der Waals surface area (Å²) in [5, 5.41) is 18.2. The van der Waals surface area contributed by atoms with E-state index in [0.29, 0.717) is 6.42 Å². The number of aliphatic carboxylic acids is 1. The molecule has 0 aliphatic carbocycles. The number of carboxylic acids is 1. The third-order valence-electron chi connectivity index (χ3n) is 2.41. The van der Waals surface area contributed by atoms with Crippen LogP contribution < -0.4 is 0 Å². The van der Waals surface area contributed by atoms with E-state index in [0.717, 1.165) is 0 Å². The highest BCUT2D eigenvalue weighted by molar-refractivity contribution is 5.67. The molecular weight excluding hydrogens is 184 g/mol. The predicted molar refractivity (Wildman–Crippen MR) is 53.1 cm³/mol. The fourth-order valence-electron chi connectivity index (χ4n) is 1.20. The first-order chi connectivity index (χ1) is 6.28. The van der Waals surface area contributed by atoms with Gasteiger partial charge >= 0.3 is 5.97 Å². The SMILES string of the molecule is COC(C)(C)CC(O)C(C)CC(=O)O. The molecule has 0 aliphatic rings. The molecule has 2 unspecified atom stereocenters. The third kappa shape index (κ3) is 5.19. The first-order valence-electron chi connectivity index (χ1n) is 4.73. The minimum atomic E-state index is -0.883. The minimum absolute atomic E-state index is 0.0129. The summed E-state index contributed by atoms with van der Waals surface area (Å²) in [7, 11) is 1.58. The van der Waals surface area contributed by atoms with Gasteiger partial charge in [-0.05, 0) is 19.8 Å². The van der Waals surface area contributed by atoms with Crippen molar-refractivity contribution in [2.24, 2.45) is 5.92 Å². The molecule has 2 atom stereocenters. The molecule has 0 aromatic carbocycles. The Morgan fingerprint density at radius 2 is 2.00 bits per heavy atom. The zero-order valence-electron chi connectivity index (χ0n) is 9.28. The smallest absolute Gasteiger partial charge is 0.303 e. The highest BCUT2D eigenvalue weighted by Crippen LogP contribution is 2.21. The average Bonchev–Trinajstić information content (AvgIpc) is 2.02. The zero-order chi connectivity index (χ0) is 11.4. The van der Waals surface area contributed by atoms with Gasteiger partial charge < -0.3 is 14.9 Å². The number of methoxy groups -OCH3 is 1. The summed E-state index contributed by atoms with van der Waals surface area (Å²) in [6.07, 6.45) is -0.208. The van der Waals surface area contributed by atoms with Crippen LogP contribution in [0.4, 0.5) is 0 Å². The molecular formula is C10H20O4. The third-order valence-corrected chi connectivity index (χ3v) is 2.41. The van der Waals surface area contributed by atoms with Gasteiger partial charge in [0.2, 0.25) is 0 Å². The van der Waals surface area contributed by atoms with E-state index in [9.17, 15) is 9.90 Å². The van der Waals surface area contributed by atoms with Crippen LogP contribution >= 0.6 is 0 Å². The number of aliphatic hydroxyl groups is 1. The van der Waals surface area contributed by atoms with Crippen molar-refractivity contribution in [3.05, 3.63) is 0 Å². The Bertz CT molecular complexity index is 189. The first kappa shape index (κ1) is 13.4. The molecule has 84 valence electrons. The zero-order valence-corrected chi connectivity index (χ0v) is 9.28. The molecule has 14 heavy (non-hydrogen) atoms. The summed E-state index contributed by atoms with van der Waals surface area (Å²) in [6.45, 7) is 5.46. The van der Waals surface area contributed by atoms with Crippen LogP contribution in [0.25, 0.3) is 0 Å². The fourth-order valence-corrected chi connectivity index (χ4v) is 1.20. The number of carboxylic acid groups (broad SMARTS) is 1. The molecule has 0 saturated carbocycles. The lowest BCUT2D eigenvalue weighted by atomic mass is 9.91. The van der Waals surface area contributed by atoms with Crippen LogP contribution in [0.5, 0.6) is 0 Å². The van der Waals surface area contributed by atoms with Gasteiger partial charge in [-0.2, -0.15) is 0 Å². The van der Waals surface area contributed by atoms with Crippen molar-refractivity contribution in [2.45, 2.75) is 45.3 Å². The molecule has 0 fully saturated rings. The Balaban J connectivity index is 4.06. The van der Waals surface area contributed by atoms with E-state index in [1.165, 1.54) is 0 Å². The molecule has 0 spiro atoms. The molecule has 0 bridgehead atoms. The lowest BCUT2D eigenvalue weighted by Gasteiger charge is -2.28. The minimum Gasteiger partial charge on any atom is -0.481 e. The number of rotatable bonds is 6. The van der Waals surface area contributed by atoms with E-state index in [-0.39, 0.29) is 12.3 Å². The Morgan fingerprint density at radius 1 is 1.50 bits per heavy atom. The van der Waals surface area contributed by atoms with Crippen molar-refractivity contribution >= 4 is 5.97 Å². The van der Waals surface area contributed by atoms with Crippen LogP contribution in [0.1, 0.15) is 33.6 Å². The average molecular weight is 204 g/mol. The maximum Gasteiger partial charge on any atom is 0.303 e. The summed E-state index contributed by atoms with van der Waals surface area (Å²) in [5.41, 5.74) is -0.411. The fraction of sp³-hybridized carbons (Fsp3) is 0.900. The summed E-state index contributed by atoms with van der Waals surface area (Å²) in [4.78, 5) is 10.4. The molecule has 4 nitrogen and oxygen atoms in total. The molecule has 2 N–H and O–H groups in total. The first-order valence-corrected chi connectivity index (χ1v) is 4.73. The van der Waals surface area contributed by atoms with Crippen LogP contribution in [0.2, 0.25) is 0 Å². The lowest BCUT2D eigenvalue weighted by molar-refractivity contribution is -0.139. The van der Waals surface area contributed by atoms with E-state index in [1.54, 1.807) is 14.0 Å². The van der Waals surface area contributed by atoms with Gasteiger partial charge in [0.05, 0.1) is 18.1 Å². The molecule has 0 aromatic heterocycles. The van der Waals surface area contributed by atoms with Crippen molar-refractivity contribution in [3.63, 3.8) is 0 Å². The van der Waals surface area contributed by atoms with Crippen molar-refractivity contribution in [1.82, 2.24) is 0 Å². The van der Waals surface area contributed by atoms with Gasteiger partial charge in [-0.1, -0.05) is 6.92 Å². The molecule has 0 heterocycles. The van der Waals surface area contributed by atoms with Crippen molar-refractivity contribution in [3.8, 4) is 0 Å². The van der Waals surface area contributed by atoms with Crippen LogP contribution in [0.3, 0.4) is 0 Å². The Labute approximate surface area is 84.9 Å². The van der Waals surface area contributed by atoms with Gasteiger partial charge in [-0.15, -0.1) is 0 Å².